The predicted molar refractivity (Wildman–Crippen MR) is 135 cm³/mol. The van der Waals surface area contributed by atoms with E-state index in [9.17, 15) is 18.0 Å². The molecule has 2 amide bonds. The number of nitrogens with zero attached hydrogens (tertiary/aromatic N) is 5. The first kappa shape index (κ1) is 25.4. The Labute approximate surface area is 219 Å². The highest BCUT2D eigenvalue weighted by atomic mass is 35.5. The molecule has 1 aromatic carbocycles. The van der Waals surface area contributed by atoms with E-state index in [-0.39, 0.29) is 49.5 Å². The van der Waals surface area contributed by atoms with Crippen molar-refractivity contribution in [3.63, 3.8) is 0 Å². The molecule has 37 heavy (non-hydrogen) atoms. The lowest BCUT2D eigenvalue weighted by Gasteiger charge is -2.33. The van der Waals surface area contributed by atoms with E-state index in [1.807, 2.05) is 0 Å². The zero-order valence-corrected chi connectivity index (χ0v) is 22.3. The number of nitrogens with one attached hydrogen (secondary N) is 1. The third-order valence-corrected chi connectivity index (χ3v) is 8.26. The summed E-state index contributed by atoms with van der Waals surface area (Å²) in [7, 11) is -3.77. The van der Waals surface area contributed by atoms with Gasteiger partial charge in [-0.05, 0) is 45.0 Å². The molecule has 0 bridgehead atoms. The second-order valence-corrected chi connectivity index (χ2v) is 12.4. The fraction of sp³-hybridized carbons (Fsp3) is 0.417. The minimum Gasteiger partial charge on any atom is -0.444 e. The van der Waals surface area contributed by atoms with Gasteiger partial charge in [0.1, 0.15) is 10.6 Å². The van der Waals surface area contributed by atoms with Gasteiger partial charge >= 0.3 is 6.09 Å². The first-order chi connectivity index (χ1) is 17.4. The van der Waals surface area contributed by atoms with Gasteiger partial charge < -0.3 is 14.6 Å². The van der Waals surface area contributed by atoms with Gasteiger partial charge in [-0.3, -0.25) is 9.69 Å². The Kier molecular flexibility index (Phi) is 6.37. The number of fused-ring (bicyclic) bond motifs is 2. The van der Waals surface area contributed by atoms with Crippen LogP contribution in [0, 0.1) is 0 Å². The zero-order valence-electron chi connectivity index (χ0n) is 20.7. The molecule has 5 rings (SSSR count). The summed E-state index contributed by atoms with van der Waals surface area (Å²) in [6.45, 7) is 6.62. The Balaban J connectivity index is 1.23. The summed E-state index contributed by atoms with van der Waals surface area (Å²) in [5.74, 6) is -0.357. The predicted octanol–water partition coefficient (Wildman–Crippen LogP) is 3.01. The van der Waals surface area contributed by atoms with Crippen molar-refractivity contribution in [1.82, 2.24) is 29.1 Å². The highest BCUT2D eigenvalue weighted by Gasteiger charge is 2.34. The summed E-state index contributed by atoms with van der Waals surface area (Å²) in [6, 6.07) is 6.69. The number of aromatic nitrogens is 3. The molecule has 0 radical (unpaired) electrons. The molecule has 1 N–H and O–H groups in total. The third-order valence-electron chi connectivity index (χ3n) is 6.20. The number of ether oxygens (including phenoxy) is 1. The monoisotopic (exact) mass is 546 g/mol. The number of rotatable bonds is 3. The van der Waals surface area contributed by atoms with Crippen molar-refractivity contribution in [2.45, 2.75) is 44.5 Å². The summed E-state index contributed by atoms with van der Waals surface area (Å²) in [6.07, 6.45) is 1.11. The normalized spacial score (nSPS) is 16.8. The molecular weight excluding hydrogens is 520 g/mol. The highest BCUT2D eigenvalue weighted by molar-refractivity contribution is 7.89. The van der Waals surface area contributed by atoms with Gasteiger partial charge in [0.25, 0.3) is 15.9 Å². The molecule has 2 aliphatic rings. The Bertz CT molecular complexity index is 1490. The zero-order chi connectivity index (χ0) is 26.5. The van der Waals surface area contributed by atoms with Crippen LogP contribution in [-0.2, 0) is 27.8 Å². The minimum absolute atomic E-state index is 0.0218. The summed E-state index contributed by atoms with van der Waals surface area (Å²) >= 11 is 6.02. The second-order valence-electron chi connectivity index (χ2n) is 10.1. The van der Waals surface area contributed by atoms with E-state index in [1.165, 1.54) is 9.21 Å². The van der Waals surface area contributed by atoms with E-state index in [4.69, 9.17) is 16.3 Å². The molecule has 2 aromatic heterocycles. The SMILES string of the molecule is CC(C)(C)OC(=O)N1Cc2cnc(C(=O)N3CCN(S(=O)(=O)c4cc5cc(Cl)ccc5[nH]4)CC3)nc2C1. The van der Waals surface area contributed by atoms with E-state index in [1.54, 1.807) is 56.1 Å². The maximum Gasteiger partial charge on any atom is 0.410 e. The van der Waals surface area contributed by atoms with Crippen LogP contribution in [-0.4, -0.2) is 81.3 Å². The number of hydrogen-bond donors (Lipinski definition) is 1. The van der Waals surface area contributed by atoms with Crippen molar-refractivity contribution in [3.05, 3.63) is 52.6 Å². The quantitative estimate of drug-likeness (QED) is 0.534. The van der Waals surface area contributed by atoms with Crippen LogP contribution >= 0.6 is 11.6 Å². The Morgan fingerprint density at radius 1 is 1.05 bits per heavy atom. The summed E-state index contributed by atoms with van der Waals surface area (Å²) < 4.78 is 33.1. The number of halogens is 1. The molecule has 3 aromatic rings. The fourth-order valence-corrected chi connectivity index (χ4v) is 5.96. The van der Waals surface area contributed by atoms with Crippen molar-refractivity contribution in [2.24, 2.45) is 0 Å². The lowest BCUT2D eigenvalue weighted by atomic mass is 10.2. The lowest BCUT2D eigenvalue weighted by molar-refractivity contribution is 0.0240. The fourth-order valence-electron chi connectivity index (χ4n) is 4.34. The Morgan fingerprint density at radius 2 is 1.78 bits per heavy atom. The number of piperazine rings is 1. The van der Waals surface area contributed by atoms with Gasteiger partial charge in [0.05, 0.1) is 18.8 Å². The topological polar surface area (TPSA) is 129 Å². The van der Waals surface area contributed by atoms with Crippen molar-refractivity contribution in [2.75, 3.05) is 26.2 Å². The first-order valence-corrected chi connectivity index (χ1v) is 13.6. The van der Waals surface area contributed by atoms with Gasteiger partial charge in [-0.1, -0.05) is 11.6 Å². The smallest absolute Gasteiger partial charge is 0.410 e. The number of benzene rings is 1. The molecule has 196 valence electrons. The van der Waals surface area contributed by atoms with E-state index < -0.39 is 21.7 Å². The van der Waals surface area contributed by atoms with Crippen LogP contribution in [0.15, 0.2) is 35.5 Å². The molecule has 0 aliphatic carbocycles. The van der Waals surface area contributed by atoms with Gasteiger partial charge in [0.2, 0.25) is 5.82 Å². The van der Waals surface area contributed by atoms with Crippen molar-refractivity contribution in [1.29, 1.82) is 0 Å². The van der Waals surface area contributed by atoms with Crippen LogP contribution in [0.1, 0.15) is 42.6 Å². The van der Waals surface area contributed by atoms with E-state index in [0.717, 1.165) is 5.56 Å². The van der Waals surface area contributed by atoms with E-state index in [0.29, 0.717) is 28.2 Å². The van der Waals surface area contributed by atoms with Crippen molar-refractivity contribution >= 4 is 44.5 Å². The van der Waals surface area contributed by atoms with Crippen molar-refractivity contribution < 1.29 is 22.7 Å². The van der Waals surface area contributed by atoms with Crippen molar-refractivity contribution in [3.8, 4) is 0 Å². The first-order valence-electron chi connectivity index (χ1n) is 11.8. The van der Waals surface area contributed by atoms with Crippen LogP contribution in [0.3, 0.4) is 0 Å². The molecule has 0 spiro atoms. The number of carbonyl (C=O) groups excluding carboxylic acids is 2. The number of sulfonamides is 1. The number of hydrogen-bond acceptors (Lipinski definition) is 7. The molecule has 0 saturated carbocycles. The molecule has 2 aliphatic heterocycles. The molecule has 1 fully saturated rings. The van der Waals surface area contributed by atoms with Gasteiger partial charge in [-0.2, -0.15) is 4.31 Å². The van der Waals surface area contributed by atoms with Gasteiger partial charge in [-0.25, -0.2) is 23.2 Å². The maximum absolute atomic E-state index is 13.2. The van der Waals surface area contributed by atoms with Gasteiger partial charge in [-0.15, -0.1) is 0 Å². The molecule has 1 saturated heterocycles. The number of aromatic amines is 1. The highest BCUT2D eigenvalue weighted by Crippen LogP contribution is 2.26. The van der Waals surface area contributed by atoms with E-state index in [2.05, 4.69) is 15.0 Å². The average molecular weight is 547 g/mol. The Morgan fingerprint density at radius 3 is 2.49 bits per heavy atom. The summed E-state index contributed by atoms with van der Waals surface area (Å²) in [5, 5.41) is 1.31. The van der Waals surface area contributed by atoms with Crippen LogP contribution in [0.5, 0.6) is 0 Å². The van der Waals surface area contributed by atoms with Gasteiger partial charge in [0.15, 0.2) is 0 Å². The standard InChI is InChI=1S/C24H27ClN6O5S/c1-24(2,3)36-23(33)30-13-16-12-26-21(28-19(16)14-30)22(32)29-6-8-31(9-7-29)37(34,35)20-11-15-10-17(25)4-5-18(15)27-20/h4-5,10-12,27H,6-9,13-14H2,1-3H3. The van der Waals surface area contributed by atoms with E-state index >= 15 is 0 Å². The number of carbonyl (C=O) groups is 2. The average Bonchev–Trinajstić information content (AvgIpc) is 3.46. The maximum atomic E-state index is 13.2. The molecule has 4 heterocycles. The number of H-pyrrole nitrogens is 1. The van der Waals surface area contributed by atoms with Crippen LogP contribution < -0.4 is 0 Å². The minimum atomic E-state index is -3.77. The summed E-state index contributed by atoms with van der Waals surface area (Å²) in [4.78, 5) is 40.1. The largest absolute Gasteiger partial charge is 0.444 e. The molecule has 0 atom stereocenters. The second kappa shape index (κ2) is 9.26. The Hall–Kier alpha value is -3.22. The van der Waals surface area contributed by atoms with Gasteiger partial charge in [0, 0.05) is 53.9 Å². The summed E-state index contributed by atoms with van der Waals surface area (Å²) in [5.41, 5.74) is 1.43. The number of amides is 2. The molecule has 0 unspecified atom stereocenters. The molecule has 11 nitrogen and oxygen atoms in total. The third kappa shape index (κ3) is 5.13. The van der Waals surface area contributed by atoms with Crippen LogP contribution in [0.25, 0.3) is 10.9 Å². The molecule has 13 heteroatoms. The van der Waals surface area contributed by atoms with Crippen LogP contribution in [0.2, 0.25) is 5.02 Å². The van der Waals surface area contributed by atoms with Crippen LogP contribution in [0.4, 0.5) is 4.79 Å². The lowest BCUT2D eigenvalue weighted by Crippen LogP contribution is -2.50. The molecular formula is C24H27ClN6O5S.